The number of hydrogen-bond donors (Lipinski definition) is 1. The van der Waals surface area contributed by atoms with Gasteiger partial charge in [-0.2, -0.15) is 0 Å². The second-order valence-corrected chi connectivity index (χ2v) is 9.38. The maximum Gasteiger partial charge on any atom is 0.307 e. The van der Waals surface area contributed by atoms with Crippen molar-refractivity contribution in [2.75, 3.05) is 42.6 Å². The molecule has 1 fully saturated rings. The number of benzene rings is 2. The maximum atomic E-state index is 10.9. The Kier molecular flexibility index (Phi) is 7.17. The van der Waals surface area contributed by atoms with Crippen LogP contribution in [0.1, 0.15) is 16.1 Å². The molecule has 32 heavy (non-hydrogen) atoms. The van der Waals surface area contributed by atoms with E-state index < -0.39 is 5.97 Å². The van der Waals surface area contributed by atoms with Crippen LogP contribution in [0.2, 0.25) is 5.02 Å². The molecule has 2 aromatic carbocycles. The maximum absolute atomic E-state index is 10.9. The van der Waals surface area contributed by atoms with Crippen molar-refractivity contribution in [1.82, 2.24) is 4.98 Å². The van der Waals surface area contributed by atoms with Gasteiger partial charge in [-0.1, -0.05) is 23.7 Å². The molecule has 0 saturated carbocycles. The molecule has 0 unspecified atom stereocenters. The molecule has 4 rings (SSSR count). The number of aryl methyl sites for hydroxylation is 1. The average molecular weight is 472 g/mol. The van der Waals surface area contributed by atoms with E-state index in [2.05, 4.69) is 28.9 Å². The molecular formula is C24H26ClN3O3S. The minimum atomic E-state index is -0.846. The van der Waals surface area contributed by atoms with Gasteiger partial charge in [0.05, 0.1) is 18.7 Å². The number of thiazole rings is 1. The Hall–Kier alpha value is -2.77. The zero-order valence-electron chi connectivity index (χ0n) is 18.0. The first-order chi connectivity index (χ1) is 15.5. The van der Waals surface area contributed by atoms with Gasteiger partial charge in [0.15, 0.2) is 5.13 Å². The molecule has 1 N–H and O–H groups in total. The van der Waals surface area contributed by atoms with Crippen molar-refractivity contribution < 1.29 is 14.6 Å². The van der Waals surface area contributed by atoms with Crippen molar-refractivity contribution in [2.45, 2.75) is 19.8 Å². The summed E-state index contributed by atoms with van der Waals surface area (Å²) in [6.45, 7) is 6.37. The summed E-state index contributed by atoms with van der Waals surface area (Å²) in [4.78, 5) is 21.7. The molecule has 2 heterocycles. The van der Waals surface area contributed by atoms with E-state index in [0.717, 1.165) is 54.0 Å². The van der Waals surface area contributed by atoms with Crippen molar-refractivity contribution in [2.24, 2.45) is 0 Å². The number of carbonyl (C=O) groups is 1. The Balaban J connectivity index is 1.30. The molecule has 1 aromatic heterocycles. The summed E-state index contributed by atoms with van der Waals surface area (Å²) < 4.78 is 5.86. The highest BCUT2D eigenvalue weighted by Gasteiger charge is 2.21. The molecule has 6 nitrogen and oxygen atoms in total. The predicted octanol–water partition coefficient (Wildman–Crippen LogP) is 4.68. The lowest BCUT2D eigenvalue weighted by molar-refractivity contribution is -0.136. The number of piperazine rings is 1. The van der Waals surface area contributed by atoms with E-state index in [1.54, 1.807) is 23.5 Å². The van der Waals surface area contributed by atoms with E-state index in [0.29, 0.717) is 12.4 Å². The third kappa shape index (κ3) is 5.72. The summed E-state index contributed by atoms with van der Waals surface area (Å²) >= 11 is 7.74. The first-order valence-corrected chi connectivity index (χ1v) is 11.8. The Morgan fingerprint density at radius 2 is 1.84 bits per heavy atom. The second-order valence-electron chi connectivity index (χ2n) is 7.77. The number of carboxylic acids is 1. The van der Waals surface area contributed by atoms with Crippen LogP contribution in [0.4, 0.5) is 10.8 Å². The van der Waals surface area contributed by atoms with Crippen LogP contribution in [0.5, 0.6) is 5.75 Å². The van der Waals surface area contributed by atoms with Crippen molar-refractivity contribution in [3.05, 3.63) is 69.7 Å². The van der Waals surface area contributed by atoms with Gasteiger partial charge in [-0.15, -0.1) is 11.3 Å². The average Bonchev–Trinajstić information content (AvgIpc) is 3.15. The molecule has 1 saturated heterocycles. The van der Waals surface area contributed by atoms with Crippen LogP contribution >= 0.6 is 22.9 Å². The van der Waals surface area contributed by atoms with Gasteiger partial charge >= 0.3 is 5.97 Å². The summed E-state index contributed by atoms with van der Waals surface area (Å²) in [6, 6.07) is 15.3. The van der Waals surface area contributed by atoms with Gasteiger partial charge in [0.1, 0.15) is 5.75 Å². The zero-order valence-corrected chi connectivity index (χ0v) is 19.5. The fourth-order valence-electron chi connectivity index (χ4n) is 3.77. The van der Waals surface area contributed by atoms with Gasteiger partial charge in [0.25, 0.3) is 0 Å². The molecule has 0 aliphatic carbocycles. The molecule has 0 atom stereocenters. The lowest BCUT2D eigenvalue weighted by Crippen LogP contribution is -2.46. The van der Waals surface area contributed by atoms with E-state index in [9.17, 15) is 4.79 Å². The normalized spacial score (nSPS) is 13.9. The largest absolute Gasteiger partial charge is 0.493 e. The molecule has 1 aliphatic heterocycles. The van der Waals surface area contributed by atoms with Crippen LogP contribution in [-0.4, -0.2) is 48.8 Å². The van der Waals surface area contributed by atoms with E-state index in [1.165, 1.54) is 10.6 Å². The van der Waals surface area contributed by atoms with Crippen LogP contribution in [0.25, 0.3) is 0 Å². The Bertz CT molecular complexity index is 1060. The van der Waals surface area contributed by atoms with Gasteiger partial charge < -0.3 is 19.6 Å². The Labute approximate surface area is 197 Å². The van der Waals surface area contributed by atoms with Gasteiger partial charge in [-0.3, -0.25) is 4.79 Å². The monoisotopic (exact) mass is 471 g/mol. The molecule has 0 amide bonds. The standard InChI is InChI=1S/C24H26ClN3O3S/c1-17-22(9-14-31-21-4-2-3-18(15-21)16-23(29)30)26-24(32-17)28-12-10-27(11-13-28)20-7-5-19(25)6-8-20/h2-8,15H,9-14,16H2,1H3,(H,29,30). The van der Waals surface area contributed by atoms with Crippen molar-refractivity contribution in [3.8, 4) is 5.75 Å². The number of nitrogens with zero attached hydrogens (tertiary/aromatic N) is 3. The number of anilines is 2. The molecular weight excluding hydrogens is 446 g/mol. The zero-order chi connectivity index (χ0) is 22.5. The van der Waals surface area contributed by atoms with Gasteiger partial charge in [0.2, 0.25) is 0 Å². The highest BCUT2D eigenvalue weighted by molar-refractivity contribution is 7.15. The van der Waals surface area contributed by atoms with E-state index in [1.807, 2.05) is 24.3 Å². The molecule has 1 aliphatic rings. The third-order valence-electron chi connectivity index (χ3n) is 5.48. The second kappa shape index (κ2) is 10.2. The molecule has 0 bridgehead atoms. The lowest BCUT2D eigenvalue weighted by atomic mass is 10.1. The first kappa shape index (κ1) is 22.4. The van der Waals surface area contributed by atoms with E-state index in [4.69, 9.17) is 26.4 Å². The molecule has 3 aromatic rings. The van der Waals surface area contributed by atoms with Crippen LogP contribution in [0.3, 0.4) is 0 Å². The summed E-state index contributed by atoms with van der Waals surface area (Å²) in [5, 5.41) is 10.8. The van der Waals surface area contributed by atoms with Crippen LogP contribution in [0, 0.1) is 6.92 Å². The summed E-state index contributed by atoms with van der Waals surface area (Å²) in [5.74, 6) is -0.156. The number of hydrogen-bond acceptors (Lipinski definition) is 6. The quantitative estimate of drug-likeness (QED) is 0.514. The number of ether oxygens (including phenoxy) is 1. The SMILES string of the molecule is Cc1sc(N2CCN(c3ccc(Cl)cc3)CC2)nc1CCOc1cccc(CC(=O)O)c1. The van der Waals surface area contributed by atoms with E-state index in [-0.39, 0.29) is 6.42 Å². The van der Waals surface area contributed by atoms with Crippen LogP contribution < -0.4 is 14.5 Å². The number of halogens is 1. The lowest BCUT2D eigenvalue weighted by Gasteiger charge is -2.36. The van der Waals surface area contributed by atoms with E-state index >= 15 is 0 Å². The van der Waals surface area contributed by atoms with Crippen molar-refractivity contribution >= 4 is 39.7 Å². The van der Waals surface area contributed by atoms with Gasteiger partial charge in [-0.05, 0) is 48.9 Å². The summed E-state index contributed by atoms with van der Waals surface area (Å²) in [6.07, 6.45) is 0.716. The first-order valence-electron chi connectivity index (χ1n) is 10.6. The Morgan fingerprint density at radius 1 is 1.12 bits per heavy atom. The van der Waals surface area contributed by atoms with Gasteiger partial charge in [0, 0.05) is 48.2 Å². The fraction of sp³-hybridized carbons (Fsp3) is 0.333. The van der Waals surface area contributed by atoms with Crippen molar-refractivity contribution in [1.29, 1.82) is 0 Å². The summed E-state index contributed by atoms with van der Waals surface area (Å²) in [7, 11) is 0. The van der Waals surface area contributed by atoms with Gasteiger partial charge in [-0.25, -0.2) is 4.98 Å². The molecule has 8 heteroatoms. The fourth-order valence-corrected chi connectivity index (χ4v) is 4.91. The molecule has 0 spiro atoms. The third-order valence-corrected chi connectivity index (χ3v) is 6.81. The number of carboxylic acid groups (broad SMARTS) is 1. The van der Waals surface area contributed by atoms with Crippen molar-refractivity contribution in [3.63, 3.8) is 0 Å². The highest BCUT2D eigenvalue weighted by Crippen LogP contribution is 2.28. The minimum Gasteiger partial charge on any atom is -0.493 e. The number of rotatable bonds is 8. The van der Waals surface area contributed by atoms with Crippen LogP contribution in [-0.2, 0) is 17.6 Å². The Morgan fingerprint density at radius 3 is 2.56 bits per heavy atom. The smallest absolute Gasteiger partial charge is 0.307 e. The minimum absolute atomic E-state index is 0.00294. The predicted molar refractivity (Wildman–Crippen MR) is 130 cm³/mol. The highest BCUT2D eigenvalue weighted by atomic mass is 35.5. The van der Waals surface area contributed by atoms with Crippen LogP contribution in [0.15, 0.2) is 48.5 Å². The number of aromatic nitrogens is 1. The topological polar surface area (TPSA) is 65.9 Å². The number of aliphatic carboxylic acids is 1. The molecule has 0 radical (unpaired) electrons. The molecule has 168 valence electrons. The summed E-state index contributed by atoms with van der Waals surface area (Å²) in [5.41, 5.74) is 3.00.